The first-order valence-corrected chi connectivity index (χ1v) is 9.09. The van der Waals surface area contributed by atoms with Crippen LogP contribution in [-0.2, 0) is 13.1 Å². The molecule has 0 saturated carbocycles. The number of carbonyl (C=O) groups is 1. The molecule has 27 heavy (non-hydrogen) atoms. The molecule has 1 aromatic heterocycles. The van der Waals surface area contributed by atoms with Crippen LogP contribution < -0.4 is 10.1 Å². The molecule has 5 nitrogen and oxygen atoms in total. The van der Waals surface area contributed by atoms with Crippen molar-refractivity contribution < 1.29 is 9.53 Å². The second kappa shape index (κ2) is 8.08. The third-order valence-corrected chi connectivity index (χ3v) is 4.73. The zero-order valence-corrected chi connectivity index (χ0v) is 16.2. The summed E-state index contributed by atoms with van der Waals surface area (Å²) in [4.78, 5) is 12.7. The lowest BCUT2D eigenvalue weighted by Crippen LogP contribution is -2.23. The van der Waals surface area contributed by atoms with Crippen LogP contribution in [-0.4, -0.2) is 22.8 Å². The van der Waals surface area contributed by atoms with Crippen molar-refractivity contribution >= 4 is 5.91 Å². The van der Waals surface area contributed by atoms with E-state index in [-0.39, 0.29) is 5.91 Å². The molecule has 3 rings (SSSR count). The highest BCUT2D eigenvalue weighted by Crippen LogP contribution is 2.27. The Hall–Kier alpha value is -3.08. The van der Waals surface area contributed by atoms with E-state index in [4.69, 9.17) is 4.74 Å². The first kappa shape index (κ1) is 18.7. The molecule has 0 radical (unpaired) electrons. The van der Waals surface area contributed by atoms with Gasteiger partial charge in [0.05, 0.1) is 12.8 Å². The molecule has 2 aromatic carbocycles. The van der Waals surface area contributed by atoms with E-state index in [1.54, 1.807) is 7.11 Å². The van der Waals surface area contributed by atoms with Crippen LogP contribution in [0.1, 0.15) is 34.2 Å². The Balaban J connectivity index is 1.81. The van der Waals surface area contributed by atoms with Crippen LogP contribution in [0.15, 0.2) is 48.5 Å². The number of nitrogens with zero attached hydrogens (tertiary/aromatic N) is 2. The largest absolute Gasteiger partial charge is 0.496 e. The summed E-state index contributed by atoms with van der Waals surface area (Å²) in [5, 5.41) is 7.55. The van der Waals surface area contributed by atoms with Gasteiger partial charge in [0.2, 0.25) is 0 Å². The van der Waals surface area contributed by atoms with Crippen LogP contribution in [0, 0.1) is 13.8 Å². The zero-order chi connectivity index (χ0) is 19.4. The smallest absolute Gasteiger partial charge is 0.251 e. The molecule has 1 amide bonds. The van der Waals surface area contributed by atoms with E-state index >= 15 is 0 Å². The van der Waals surface area contributed by atoms with Crippen molar-refractivity contribution in [2.45, 2.75) is 33.9 Å². The second-order valence-corrected chi connectivity index (χ2v) is 6.44. The quantitative estimate of drug-likeness (QED) is 0.716. The minimum atomic E-state index is -0.110. The summed E-state index contributed by atoms with van der Waals surface area (Å²) >= 11 is 0. The molecule has 0 atom stereocenters. The van der Waals surface area contributed by atoms with Crippen molar-refractivity contribution in [1.29, 1.82) is 0 Å². The Morgan fingerprint density at radius 2 is 1.93 bits per heavy atom. The second-order valence-electron chi connectivity index (χ2n) is 6.44. The van der Waals surface area contributed by atoms with Crippen molar-refractivity contribution in [2.75, 3.05) is 7.11 Å². The van der Waals surface area contributed by atoms with Crippen molar-refractivity contribution in [3.05, 3.63) is 71.0 Å². The number of ether oxygens (including phenoxy) is 1. The summed E-state index contributed by atoms with van der Waals surface area (Å²) in [6, 6.07) is 15.4. The zero-order valence-electron chi connectivity index (χ0n) is 16.2. The van der Waals surface area contributed by atoms with E-state index in [1.807, 2.05) is 60.1 Å². The minimum absolute atomic E-state index is 0.110. The van der Waals surface area contributed by atoms with Crippen molar-refractivity contribution in [3.8, 4) is 16.9 Å². The van der Waals surface area contributed by atoms with Gasteiger partial charge in [0.1, 0.15) is 5.75 Å². The third kappa shape index (κ3) is 3.87. The maximum absolute atomic E-state index is 12.7. The van der Waals surface area contributed by atoms with Gasteiger partial charge in [-0.25, -0.2) is 0 Å². The van der Waals surface area contributed by atoms with Crippen LogP contribution >= 0.6 is 0 Å². The van der Waals surface area contributed by atoms with Crippen LogP contribution in [0.3, 0.4) is 0 Å². The monoisotopic (exact) mass is 363 g/mol. The Bertz CT molecular complexity index is 960. The number of carbonyl (C=O) groups excluding carboxylic acids is 1. The van der Waals surface area contributed by atoms with Gasteiger partial charge in [-0.1, -0.05) is 30.3 Å². The fourth-order valence-corrected chi connectivity index (χ4v) is 3.37. The Kier molecular flexibility index (Phi) is 5.60. The van der Waals surface area contributed by atoms with Crippen LogP contribution in [0.25, 0.3) is 11.1 Å². The maximum Gasteiger partial charge on any atom is 0.251 e. The number of para-hydroxylation sites is 1. The number of nitrogens with one attached hydrogen (secondary N) is 1. The Morgan fingerprint density at radius 1 is 1.15 bits per heavy atom. The molecule has 140 valence electrons. The molecule has 5 heteroatoms. The molecule has 0 spiro atoms. The molecule has 3 aromatic rings. The lowest BCUT2D eigenvalue weighted by molar-refractivity contribution is 0.0950. The van der Waals surface area contributed by atoms with E-state index in [1.165, 1.54) is 0 Å². The standard InChI is InChI=1S/C22H25N3O2/c1-5-25-16(3)21(15(2)24-25)17-10-8-11-18(13-17)22(26)23-14-19-9-6-7-12-20(19)27-4/h6-13H,5,14H2,1-4H3,(H,23,26). The summed E-state index contributed by atoms with van der Waals surface area (Å²) in [5.41, 5.74) is 5.76. The van der Waals surface area contributed by atoms with Gasteiger partial charge in [0, 0.05) is 35.5 Å². The highest BCUT2D eigenvalue weighted by Gasteiger charge is 2.15. The molecular formula is C22H25N3O2. The van der Waals surface area contributed by atoms with Crippen molar-refractivity contribution in [3.63, 3.8) is 0 Å². The average Bonchev–Trinajstić information content (AvgIpc) is 2.99. The normalized spacial score (nSPS) is 10.7. The molecule has 0 aliphatic rings. The van der Waals surface area contributed by atoms with Gasteiger partial charge in [0.15, 0.2) is 0 Å². The highest BCUT2D eigenvalue weighted by molar-refractivity contribution is 5.95. The lowest BCUT2D eigenvalue weighted by atomic mass is 10.0. The number of amides is 1. The number of benzene rings is 2. The van der Waals surface area contributed by atoms with Gasteiger partial charge < -0.3 is 10.1 Å². The molecule has 1 N–H and O–H groups in total. The number of hydrogen-bond donors (Lipinski definition) is 1. The van der Waals surface area contributed by atoms with E-state index in [2.05, 4.69) is 24.3 Å². The van der Waals surface area contributed by atoms with Gasteiger partial charge >= 0.3 is 0 Å². The number of aromatic nitrogens is 2. The number of rotatable bonds is 6. The molecule has 0 aliphatic carbocycles. The van der Waals surface area contributed by atoms with E-state index in [0.717, 1.165) is 40.4 Å². The molecule has 0 aliphatic heterocycles. The number of hydrogen-bond acceptors (Lipinski definition) is 3. The third-order valence-electron chi connectivity index (χ3n) is 4.73. The number of methoxy groups -OCH3 is 1. The van der Waals surface area contributed by atoms with E-state index < -0.39 is 0 Å². The SMILES string of the molecule is CCn1nc(C)c(-c2cccc(C(=O)NCc3ccccc3OC)c2)c1C. The van der Waals surface area contributed by atoms with E-state index in [0.29, 0.717) is 12.1 Å². The summed E-state index contributed by atoms with van der Waals surface area (Å²) in [6.07, 6.45) is 0. The molecule has 0 bridgehead atoms. The number of aryl methyl sites for hydroxylation is 2. The van der Waals surface area contributed by atoms with Gasteiger partial charge in [0.25, 0.3) is 5.91 Å². The fourth-order valence-electron chi connectivity index (χ4n) is 3.37. The molecule has 0 saturated heterocycles. The van der Waals surface area contributed by atoms with Crippen molar-refractivity contribution in [1.82, 2.24) is 15.1 Å². The van der Waals surface area contributed by atoms with Crippen LogP contribution in [0.5, 0.6) is 5.75 Å². The predicted molar refractivity (Wildman–Crippen MR) is 107 cm³/mol. The van der Waals surface area contributed by atoms with Gasteiger partial charge in [-0.15, -0.1) is 0 Å². The molecular weight excluding hydrogens is 338 g/mol. The maximum atomic E-state index is 12.7. The van der Waals surface area contributed by atoms with Gasteiger partial charge in [-0.3, -0.25) is 9.48 Å². The summed E-state index contributed by atoms with van der Waals surface area (Å²) in [6.45, 7) is 7.38. The van der Waals surface area contributed by atoms with Crippen LogP contribution in [0.2, 0.25) is 0 Å². The summed E-state index contributed by atoms with van der Waals surface area (Å²) in [5.74, 6) is 0.658. The minimum Gasteiger partial charge on any atom is -0.496 e. The van der Waals surface area contributed by atoms with Gasteiger partial charge in [-0.2, -0.15) is 5.10 Å². The predicted octanol–water partition coefficient (Wildman–Crippen LogP) is 4.13. The molecule has 0 unspecified atom stereocenters. The summed E-state index contributed by atoms with van der Waals surface area (Å²) < 4.78 is 7.32. The first-order chi connectivity index (χ1) is 13.0. The topological polar surface area (TPSA) is 56.2 Å². The molecule has 1 heterocycles. The first-order valence-electron chi connectivity index (χ1n) is 9.09. The van der Waals surface area contributed by atoms with E-state index in [9.17, 15) is 4.79 Å². The van der Waals surface area contributed by atoms with Gasteiger partial charge in [-0.05, 0) is 44.5 Å². The van der Waals surface area contributed by atoms with Crippen LogP contribution in [0.4, 0.5) is 0 Å². The lowest BCUT2D eigenvalue weighted by Gasteiger charge is -2.10. The van der Waals surface area contributed by atoms with Crippen molar-refractivity contribution in [2.24, 2.45) is 0 Å². The summed E-state index contributed by atoms with van der Waals surface area (Å²) in [7, 11) is 1.63. The fraction of sp³-hybridized carbons (Fsp3) is 0.273. The molecule has 0 fully saturated rings. The Morgan fingerprint density at radius 3 is 2.63 bits per heavy atom. The highest BCUT2D eigenvalue weighted by atomic mass is 16.5. The average molecular weight is 363 g/mol. The Labute approximate surface area is 160 Å².